The molecular weight excluding hydrogens is 586 g/mol. The molecule has 0 aromatic heterocycles. The number of aliphatic hydroxyl groups is 4. The van der Waals surface area contributed by atoms with E-state index in [-0.39, 0.29) is 39.4 Å². The van der Waals surface area contributed by atoms with E-state index in [1.807, 2.05) is 6.92 Å². The predicted molar refractivity (Wildman–Crippen MR) is 176 cm³/mol. The van der Waals surface area contributed by atoms with Crippen molar-refractivity contribution >= 4 is 11.5 Å². The first-order valence-electron chi connectivity index (χ1n) is 17.7. The minimum atomic E-state index is -1.52. The largest absolute Gasteiger partial charge is 0.399 e. The third-order valence-corrected chi connectivity index (χ3v) is 14.4. The molecular formula is C37H61NO8. The van der Waals surface area contributed by atoms with Crippen LogP contribution in [0.4, 0.5) is 0 Å². The van der Waals surface area contributed by atoms with E-state index in [1.54, 1.807) is 7.11 Å². The Bertz CT molecular complexity index is 1210. The van der Waals surface area contributed by atoms with Crippen molar-refractivity contribution in [2.45, 2.75) is 149 Å². The molecule has 5 fully saturated rings. The second kappa shape index (κ2) is 12.5. The van der Waals surface area contributed by atoms with Gasteiger partial charge in [-0.3, -0.25) is 4.79 Å². The van der Waals surface area contributed by atoms with Crippen LogP contribution in [-0.2, 0) is 19.1 Å². The number of rotatable bonds is 8. The molecule has 1 aliphatic heterocycles. The van der Waals surface area contributed by atoms with Crippen molar-refractivity contribution in [2.75, 3.05) is 13.7 Å². The third kappa shape index (κ3) is 5.43. The SMILES string of the molecule is CO/N=C1\CC[C@@]2(C)C(CC[C@]3(C)C2CC(=O)C2C([C@](C)(CCC=C(C)C)O[C@@H]4OC(CO)[C@@H](O)[C@H](O)C4O)CC[C@]23C)C1(C)C. The lowest BCUT2D eigenvalue weighted by Crippen LogP contribution is -2.66. The van der Waals surface area contributed by atoms with Crippen LogP contribution in [0.15, 0.2) is 16.8 Å². The number of aliphatic hydroxyl groups excluding tert-OH is 4. The summed E-state index contributed by atoms with van der Waals surface area (Å²) in [6, 6.07) is 0. The van der Waals surface area contributed by atoms with Gasteiger partial charge in [0.05, 0.1) is 17.9 Å². The van der Waals surface area contributed by atoms with Gasteiger partial charge in [0.15, 0.2) is 6.29 Å². The highest BCUT2D eigenvalue weighted by Gasteiger charge is 2.71. The summed E-state index contributed by atoms with van der Waals surface area (Å²) in [6.45, 7) is 17.5. The summed E-state index contributed by atoms with van der Waals surface area (Å²) in [5.74, 6) is 0.661. The molecule has 5 rings (SSSR count). The fraction of sp³-hybridized carbons (Fsp3) is 0.892. The molecule has 9 heteroatoms. The van der Waals surface area contributed by atoms with Crippen molar-refractivity contribution in [3.8, 4) is 0 Å². The fourth-order valence-electron chi connectivity index (χ4n) is 11.6. The van der Waals surface area contributed by atoms with Crippen molar-refractivity contribution in [1.29, 1.82) is 0 Å². The van der Waals surface area contributed by atoms with Gasteiger partial charge in [-0.1, -0.05) is 51.4 Å². The number of allylic oxidation sites excluding steroid dienone is 2. The molecule has 0 aromatic carbocycles. The van der Waals surface area contributed by atoms with E-state index in [9.17, 15) is 25.2 Å². The number of Topliss-reactive ketones (excluding diaryl/α,β-unsaturated/α-hetero) is 1. The summed E-state index contributed by atoms with van der Waals surface area (Å²) in [5.41, 5.74) is 1.09. The summed E-state index contributed by atoms with van der Waals surface area (Å²) in [7, 11) is 1.63. The van der Waals surface area contributed by atoms with Crippen LogP contribution in [0.25, 0.3) is 0 Å². The number of ketones is 1. The predicted octanol–water partition coefficient (Wildman–Crippen LogP) is 5.17. The summed E-state index contributed by atoms with van der Waals surface area (Å²) in [4.78, 5) is 20.0. The van der Waals surface area contributed by atoms with Gasteiger partial charge in [0.25, 0.3) is 0 Å². The number of fused-ring (bicyclic) bond motifs is 5. The van der Waals surface area contributed by atoms with Gasteiger partial charge in [0.1, 0.15) is 37.3 Å². The van der Waals surface area contributed by atoms with Gasteiger partial charge in [0, 0.05) is 17.8 Å². The van der Waals surface area contributed by atoms with Crippen molar-refractivity contribution < 1.29 is 39.5 Å². The van der Waals surface area contributed by atoms with Crippen LogP contribution in [0, 0.1) is 45.3 Å². The number of oxime groups is 1. The molecule has 46 heavy (non-hydrogen) atoms. The van der Waals surface area contributed by atoms with E-state index in [1.165, 1.54) is 5.57 Å². The maximum Gasteiger partial charge on any atom is 0.187 e. The van der Waals surface area contributed by atoms with E-state index >= 15 is 0 Å². The average molecular weight is 648 g/mol. The van der Waals surface area contributed by atoms with Gasteiger partial charge in [-0.25, -0.2) is 0 Å². The van der Waals surface area contributed by atoms with Crippen LogP contribution in [-0.4, -0.2) is 81.9 Å². The first-order chi connectivity index (χ1) is 21.4. The first kappa shape index (κ1) is 35.9. The number of nitrogens with zero attached hydrogens (tertiary/aromatic N) is 1. The Morgan fingerprint density at radius 1 is 1.00 bits per heavy atom. The highest BCUT2D eigenvalue weighted by Crippen LogP contribution is 2.75. The monoisotopic (exact) mass is 647 g/mol. The Labute approximate surface area is 276 Å². The zero-order valence-corrected chi connectivity index (χ0v) is 29.7. The molecule has 1 heterocycles. The lowest BCUT2D eigenvalue weighted by Gasteiger charge is -2.68. The summed E-state index contributed by atoms with van der Waals surface area (Å²) in [6.07, 6.45) is 3.02. The standard InChI is InChI=1S/C37H61NO8/c1-21(2)11-10-15-37(8,46-32-31(43)30(42)29(41)24(20-39)45-32)22-12-17-36(7)28(22)23(40)19-26-34(5)16-14-27(38-44-9)33(3,4)25(34)13-18-35(26,36)6/h11,22,24-26,28-32,39,41-43H,10,12-20H2,1-9H3/b38-27+/t22?,24?,25?,26?,28?,29-,30+,31?,32+,34+,35-,36-,37+/m1/s1. The summed E-state index contributed by atoms with van der Waals surface area (Å²) in [5, 5.41) is 46.2. The van der Waals surface area contributed by atoms with E-state index < -0.39 is 42.9 Å². The molecule has 13 atom stereocenters. The van der Waals surface area contributed by atoms with Crippen LogP contribution < -0.4 is 0 Å². The van der Waals surface area contributed by atoms with Crippen LogP contribution in [0.2, 0.25) is 0 Å². The van der Waals surface area contributed by atoms with Gasteiger partial charge in [-0.2, -0.15) is 0 Å². The smallest absolute Gasteiger partial charge is 0.187 e. The zero-order chi connectivity index (χ0) is 34.0. The van der Waals surface area contributed by atoms with E-state index in [0.29, 0.717) is 24.5 Å². The fourth-order valence-corrected chi connectivity index (χ4v) is 11.6. The molecule has 6 unspecified atom stereocenters. The second-order valence-corrected chi connectivity index (χ2v) is 17.2. The van der Waals surface area contributed by atoms with Crippen LogP contribution in [0.1, 0.15) is 113 Å². The quantitative estimate of drug-likeness (QED) is 0.209. The van der Waals surface area contributed by atoms with E-state index in [0.717, 1.165) is 50.7 Å². The Hall–Kier alpha value is -1.36. The maximum absolute atomic E-state index is 14.7. The Morgan fingerprint density at radius 3 is 2.30 bits per heavy atom. The lowest BCUT2D eigenvalue weighted by molar-refractivity contribution is -0.333. The topological polar surface area (TPSA) is 138 Å². The second-order valence-electron chi connectivity index (χ2n) is 17.2. The lowest BCUT2D eigenvalue weighted by atomic mass is 9.35. The molecule has 0 bridgehead atoms. The molecule has 1 saturated heterocycles. The van der Waals surface area contributed by atoms with Gasteiger partial charge in [-0.15, -0.1) is 0 Å². The molecule has 0 aromatic rings. The number of hydrogen-bond donors (Lipinski definition) is 4. The molecule has 0 spiro atoms. The Kier molecular flexibility index (Phi) is 9.77. The van der Waals surface area contributed by atoms with Gasteiger partial charge in [0.2, 0.25) is 0 Å². The average Bonchev–Trinajstić information content (AvgIpc) is 3.36. The normalized spacial score (nSPS) is 47.4. The van der Waals surface area contributed by atoms with Crippen LogP contribution in [0.5, 0.6) is 0 Å². The van der Waals surface area contributed by atoms with E-state index in [4.69, 9.17) is 14.3 Å². The molecule has 262 valence electrons. The molecule has 4 saturated carbocycles. The van der Waals surface area contributed by atoms with Crippen molar-refractivity contribution in [2.24, 2.45) is 50.5 Å². The summed E-state index contributed by atoms with van der Waals surface area (Å²) >= 11 is 0. The third-order valence-electron chi connectivity index (χ3n) is 14.4. The van der Waals surface area contributed by atoms with Gasteiger partial charge in [-0.05, 0) is 106 Å². The molecule has 4 N–H and O–H groups in total. The molecule has 5 aliphatic rings. The van der Waals surface area contributed by atoms with E-state index in [2.05, 4.69) is 59.7 Å². The maximum atomic E-state index is 14.7. The Balaban J connectivity index is 1.49. The van der Waals surface area contributed by atoms with Crippen molar-refractivity contribution in [1.82, 2.24) is 0 Å². The number of ether oxygens (including phenoxy) is 2. The zero-order valence-electron chi connectivity index (χ0n) is 29.7. The number of carbonyl (C=O) groups excluding carboxylic acids is 1. The summed E-state index contributed by atoms with van der Waals surface area (Å²) < 4.78 is 12.6. The minimum absolute atomic E-state index is 0.00453. The molecule has 0 amide bonds. The molecule has 4 aliphatic carbocycles. The molecule has 0 radical (unpaired) electrons. The highest BCUT2D eigenvalue weighted by molar-refractivity contribution is 5.91. The van der Waals surface area contributed by atoms with Crippen molar-refractivity contribution in [3.63, 3.8) is 0 Å². The van der Waals surface area contributed by atoms with Crippen molar-refractivity contribution in [3.05, 3.63) is 11.6 Å². The number of carbonyl (C=O) groups is 1. The van der Waals surface area contributed by atoms with Gasteiger partial charge >= 0.3 is 0 Å². The minimum Gasteiger partial charge on any atom is -0.399 e. The van der Waals surface area contributed by atoms with Crippen LogP contribution in [0.3, 0.4) is 0 Å². The highest BCUT2D eigenvalue weighted by atomic mass is 16.7. The molecule has 9 nitrogen and oxygen atoms in total. The number of hydrogen-bond acceptors (Lipinski definition) is 9. The van der Waals surface area contributed by atoms with Gasteiger partial charge < -0.3 is 34.7 Å². The van der Waals surface area contributed by atoms with Crippen LogP contribution >= 0.6 is 0 Å². The Morgan fingerprint density at radius 2 is 1.67 bits per heavy atom. The first-order valence-corrected chi connectivity index (χ1v) is 17.7.